The molecule has 82 valence electrons. The average molecular weight is 274 g/mol. The molecule has 5 heteroatoms. The normalized spacial score (nSPS) is 11.9. The first kappa shape index (κ1) is 12.0. The molecule has 0 spiro atoms. The number of carbonyl (C=O) groups is 1. The first-order valence-corrected chi connectivity index (χ1v) is 5.18. The summed E-state index contributed by atoms with van der Waals surface area (Å²) in [5.74, 6) is 0.296. The molecule has 1 rings (SSSR count). The van der Waals surface area contributed by atoms with Crippen LogP contribution in [0.5, 0.6) is 5.75 Å². The fourth-order valence-electron chi connectivity index (χ4n) is 0.968. The number of amides is 1. The summed E-state index contributed by atoms with van der Waals surface area (Å²) in [6, 6.07) is 7.33. The lowest BCUT2D eigenvalue weighted by Crippen LogP contribution is -2.35. The Kier molecular flexibility index (Phi) is 4.58. The number of carbonyl (C=O) groups excluding carboxylic acids is 1. The standard InChI is InChI=1S/C10H12BrNO3/c1-7(10(13)12-14-2)15-9-6-4-3-5-8(9)11/h3-7H,1-2H3,(H,12,13)/t7-/m0/s1. The molecule has 0 heterocycles. The van der Waals surface area contributed by atoms with E-state index in [1.165, 1.54) is 7.11 Å². The topological polar surface area (TPSA) is 47.6 Å². The molecular formula is C10H12BrNO3. The van der Waals surface area contributed by atoms with E-state index in [0.29, 0.717) is 5.75 Å². The van der Waals surface area contributed by atoms with Gasteiger partial charge in [0.2, 0.25) is 0 Å². The zero-order valence-corrected chi connectivity index (χ0v) is 10.1. The Bertz CT molecular complexity index is 343. The monoisotopic (exact) mass is 273 g/mol. The molecule has 1 aromatic carbocycles. The third kappa shape index (κ3) is 3.53. The second kappa shape index (κ2) is 5.72. The van der Waals surface area contributed by atoms with Crippen LogP contribution in [-0.4, -0.2) is 19.1 Å². The van der Waals surface area contributed by atoms with Gasteiger partial charge in [0.1, 0.15) is 5.75 Å². The van der Waals surface area contributed by atoms with Crippen LogP contribution in [0.15, 0.2) is 28.7 Å². The van der Waals surface area contributed by atoms with Crippen LogP contribution in [0.2, 0.25) is 0 Å². The van der Waals surface area contributed by atoms with Crippen molar-refractivity contribution in [2.24, 2.45) is 0 Å². The molecule has 0 saturated carbocycles. The van der Waals surface area contributed by atoms with Crippen molar-refractivity contribution in [1.29, 1.82) is 0 Å². The number of halogens is 1. The molecule has 4 nitrogen and oxygen atoms in total. The molecule has 0 saturated heterocycles. The van der Waals surface area contributed by atoms with E-state index in [9.17, 15) is 4.79 Å². The van der Waals surface area contributed by atoms with E-state index in [-0.39, 0.29) is 5.91 Å². The molecule has 0 unspecified atom stereocenters. The van der Waals surface area contributed by atoms with Gasteiger partial charge >= 0.3 is 0 Å². The Morgan fingerprint density at radius 1 is 1.47 bits per heavy atom. The summed E-state index contributed by atoms with van der Waals surface area (Å²) >= 11 is 3.32. The molecule has 1 atom stereocenters. The Hall–Kier alpha value is -1.07. The molecular weight excluding hydrogens is 262 g/mol. The minimum atomic E-state index is -0.608. The summed E-state index contributed by atoms with van der Waals surface area (Å²) in [4.78, 5) is 15.8. The number of ether oxygens (including phenoxy) is 1. The van der Waals surface area contributed by atoms with Crippen molar-refractivity contribution in [3.63, 3.8) is 0 Å². The van der Waals surface area contributed by atoms with E-state index >= 15 is 0 Å². The van der Waals surface area contributed by atoms with Crippen molar-refractivity contribution in [1.82, 2.24) is 5.48 Å². The van der Waals surface area contributed by atoms with Crippen LogP contribution in [0.3, 0.4) is 0 Å². The van der Waals surface area contributed by atoms with E-state index in [1.807, 2.05) is 18.2 Å². The third-order valence-electron chi connectivity index (χ3n) is 1.71. The highest BCUT2D eigenvalue weighted by molar-refractivity contribution is 9.10. The second-order valence-corrected chi connectivity index (χ2v) is 3.72. The van der Waals surface area contributed by atoms with Crippen molar-refractivity contribution >= 4 is 21.8 Å². The highest BCUT2D eigenvalue weighted by Gasteiger charge is 2.15. The first-order valence-electron chi connectivity index (χ1n) is 4.39. The van der Waals surface area contributed by atoms with Crippen LogP contribution < -0.4 is 10.2 Å². The van der Waals surface area contributed by atoms with E-state index in [2.05, 4.69) is 26.2 Å². The van der Waals surface area contributed by atoms with Gasteiger partial charge in [-0.3, -0.25) is 9.63 Å². The zero-order chi connectivity index (χ0) is 11.3. The maximum Gasteiger partial charge on any atom is 0.284 e. The van der Waals surface area contributed by atoms with Gasteiger partial charge in [-0.15, -0.1) is 0 Å². The Labute approximate surface area is 96.7 Å². The number of benzene rings is 1. The minimum absolute atomic E-state index is 0.326. The van der Waals surface area contributed by atoms with E-state index in [4.69, 9.17) is 4.74 Å². The molecule has 1 amide bonds. The van der Waals surface area contributed by atoms with Gasteiger partial charge < -0.3 is 4.74 Å². The van der Waals surface area contributed by atoms with Crippen molar-refractivity contribution in [2.75, 3.05) is 7.11 Å². The molecule has 0 aliphatic carbocycles. The SMILES string of the molecule is CONC(=O)[C@H](C)Oc1ccccc1Br. The molecule has 0 bridgehead atoms. The maximum absolute atomic E-state index is 11.3. The van der Waals surface area contributed by atoms with Crippen molar-refractivity contribution in [3.8, 4) is 5.75 Å². The summed E-state index contributed by atoms with van der Waals surface area (Å²) in [7, 11) is 1.38. The third-order valence-corrected chi connectivity index (χ3v) is 2.37. The lowest BCUT2D eigenvalue weighted by molar-refractivity contribution is -0.137. The predicted molar refractivity (Wildman–Crippen MR) is 59.4 cm³/mol. The van der Waals surface area contributed by atoms with Crippen LogP contribution >= 0.6 is 15.9 Å². The number of hydrogen-bond donors (Lipinski definition) is 1. The van der Waals surface area contributed by atoms with E-state index in [1.54, 1.807) is 13.0 Å². The van der Waals surface area contributed by atoms with Gasteiger partial charge in [-0.05, 0) is 35.0 Å². The summed E-state index contributed by atoms with van der Waals surface area (Å²) in [6.45, 7) is 1.65. The first-order chi connectivity index (χ1) is 7.15. The highest BCUT2D eigenvalue weighted by Crippen LogP contribution is 2.24. The Balaban J connectivity index is 2.62. The molecule has 15 heavy (non-hydrogen) atoms. The van der Waals surface area contributed by atoms with Gasteiger partial charge in [0.15, 0.2) is 6.10 Å². The Morgan fingerprint density at radius 2 is 2.13 bits per heavy atom. The van der Waals surface area contributed by atoms with Gasteiger partial charge in [-0.1, -0.05) is 12.1 Å². The van der Waals surface area contributed by atoms with Crippen molar-refractivity contribution < 1.29 is 14.4 Å². The fraction of sp³-hybridized carbons (Fsp3) is 0.300. The van der Waals surface area contributed by atoms with Crippen LogP contribution in [0.25, 0.3) is 0 Å². The Morgan fingerprint density at radius 3 is 2.73 bits per heavy atom. The predicted octanol–water partition coefficient (Wildman–Crippen LogP) is 1.89. The quantitative estimate of drug-likeness (QED) is 0.853. The van der Waals surface area contributed by atoms with E-state index < -0.39 is 6.10 Å². The van der Waals surface area contributed by atoms with E-state index in [0.717, 1.165) is 4.47 Å². The van der Waals surface area contributed by atoms with Crippen LogP contribution in [0.4, 0.5) is 0 Å². The van der Waals surface area contributed by atoms with Crippen LogP contribution in [0.1, 0.15) is 6.92 Å². The summed E-state index contributed by atoms with van der Waals surface area (Å²) in [5.41, 5.74) is 2.21. The lowest BCUT2D eigenvalue weighted by Gasteiger charge is -2.14. The number of hydroxylamine groups is 1. The minimum Gasteiger partial charge on any atom is -0.480 e. The average Bonchev–Trinajstić information content (AvgIpc) is 2.21. The smallest absolute Gasteiger partial charge is 0.284 e. The maximum atomic E-state index is 11.3. The van der Waals surface area contributed by atoms with Gasteiger partial charge in [0.25, 0.3) is 5.91 Å². The molecule has 0 aliphatic heterocycles. The van der Waals surface area contributed by atoms with Crippen LogP contribution in [0, 0.1) is 0 Å². The van der Waals surface area contributed by atoms with Gasteiger partial charge in [0, 0.05) is 0 Å². The number of nitrogens with one attached hydrogen (secondary N) is 1. The molecule has 0 aromatic heterocycles. The fourth-order valence-corrected chi connectivity index (χ4v) is 1.35. The molecule has 0 radical (unpaired) electrons. The summed E-state index contributed by atoms with van der Waals surface area (Å²) in [6.07, 6.45) is -0.608. The lowest BCUT2D eigenvalue weighted by atomic mass is 10.3. The molecule has 0 aliphatic rings. The largest absolute Gasteiger partial charge is 0.480 e. The molecule has 1 N–H and O–H groups in total. The highest BCUT2D eigenvalue weighted by atomic mass is 79.9. The zero-order valence-electron chi connectivity index (χ0n) is 8.49. The molecule has 1 aromatic rings. The summed E-state index contributed by atoms with van der Waals surface area (Å²) in [5, 5.41) is 0. The van der Waals surface area contributed by atoms with Crippen LogP contribution in [-0.2, 0) is 9.63 Å². The van der Waals surface area contributed by atoms with Gasteiger partial charge in [0.05, 0.1) is 11.6 Å². The van der Waals surface area contributed by atoms with Gasteiger partial charge in [-0.25, -0.2) is 5.48 Å². The van der Waals surface area contributed by atoms with Gasteiger partial charge in [-0.2, -0.15) is 0 Å². The summed E-state index contributed by atoms with van der Waals surface area (Å²) < 4.78 is 6.23. The van der Waals surface area contributed by atoms with Crippen molar-refractivity contribution in [3.05, 3.63) is 28.7 Å². The van der Waals surface area contributed by atoms with Crippen molar-refractivity contribution in [2.45, 2.75) is 13.0 Å². The second-order valence-electron chi connectivity index (χ2n) is 2.86. The number of rotatable bonds is 4. The number of para-hydroxylation sites is 1. The molecule has 0 fully saturated rings. The number of hydrogen-bond acceptors (Lipinski definition) is 3.